The Balaban J connectivity index is 2.66. The fourth-order valence-electron chi connectivity index (χ4n) is 1.29. The topological polar surface area (TPSA) is 63.2 Å². The van der Waals surface area contributed by atoms with Crippen LogP contribution in [0, 0.1) is 0 Å². The Bertz CT molecular complexity index is 342. The molecule has 1 amide bonds. The minimum absolute atomic E-state index is 0.115. The number of hydrogen-bond donors (Lipinski definition) is 2. The molecule has 0 aliphatic carbocycles. The van der Waals surface area contributed by atoms with Crippen LogP contribution < -0.4 is 10.6 Å². The molecule has 1 aromatic rings. The van der Waals surface area contributed by atoms with Gasteiger partial charge in [-0.15, -0.1) is 0 Å². The highest BCUT2D eigenvalue weighted by atomic mass is 16.5. The Morgan fingerprint density at radius 1 is 1.56 bits per heavy atom. The molecule has 1 aromatic heterocycles. The second-order valence-corrected chi connectivity index (χ2v) is 3.20. The van der Waals surface area contributed by atoms with Gasteiger partial charge in [0.25, 0.3) is 5.91 Å². The van der Waals surface area contributed by atoms with Gasteiger partial charge in [-0.1, -0.05) is 0 Å². The van der Waals surface area contributed by atoms with E-state index >= 15 is 0 Å². The van der Waals surface area contributed by atoms with E-state index in [1.54, 1.807) is 25.6 Å². The molecule has 0 unspecified atom stereocenters. The lowest BCUT2D eigenvalue weighted by Gasteiger charge is -2.09. The number of nitrogens with zero attached hydrogens (tertiary/aromatic N) is 1. The van der Waals surface area contributed by atoms with Gasteiger partial charge in [0, 0.05) is 26.4 Å². The molecule has 0 fully saturated rings. The molecule has 0 atom stereocenters. The van der Waals surface area contributed by atoms with Gasteiger partial charge in [0.2, 0.25) is 0 Å². The van der Waals surface area contributed by atoms with E-state index in [0.29, 0.717) is 18.7 Å². The van der Waals surface area contributed by atoms with Crippen LogP contribution in [0.15, 0.2) is 18.5 Å². The summed E-state index contributed by atoms with van der Waals surface area (Å²) in [5.41, 5.74) is 1.35. The van der Waals surface area contributed by atoms with Gasteiger partial charge in [-0.05, 0) is 13.0 Å². The monoisotopic (exact) mass is 223 g/mol. The average molecular weight is 223 g/mol. The average Bonchev–Trinajstić information content (AvgIpc) is 2.30. The summed E-state index contributed by atoms with van der Waals surface area (Å²) in [5.74, 6) is -0.115. The van der Waals surface area contributed by atoms with Crippen molar-refractivity contribution in [1.82, 2.24) is 10.3 Å². The number of aromatic nitrogens is 1. The van der Waals surface area contributed by atoms with Crippen LogP contribution in [0.5, 0.6) is 0 Å². The minimum Gasteiger partial charge on any atom is -0.383 e. The van der Waals surface area contributed by atoms with Gasteiger partial charge in [0.05, 0.1) is 24.1 Å². The number of carbonyl (C=O) groups excluding carboxylic acids is 1. The summed E-state index contributed by atoms with van der Waals surface area (Å²) in [4.78, 5) is 15.8. The third kappa shape index (κ3) is 3.51. The number of hydrogen-bond acceptors (Lipinski definition) is 4. The molecule has 88 valence electrons. The fourth-order valence-corrected chi connectivity index (χ4v) is 1.29. The molecule has 0 saturated heterocycles. The number of amides is 1. The minimum atomic E-state index is -0.115. The van der Waals surface area contributed by atoms with Gasteiger partial charge in [0.1, 0.15) is 0 Å². The maximum absolute atomic E-state index is 11.8. The molecule has 0 bridgehead atoms. The van der Waals surface area contributed by atoms with Crippen LogP contribution in [0.25, 0.3) is 0 Å². The van der Waals surface area contributed by atoms with Crippen molar-refractivity contribution in [3.8, 4) is 0 Å². The number of methoxy groups -OCH3 is 1. The largest absolute Gasteiger partial charge is 0.383 e. The summed E-state index contributed by atoms with van der Waals surface area (Å²) in [6, 6.07) is 1.69. The van der Waals surface area contributed by atoms with E-state index in [0.717, 1.165) is 12.2 Å². The number of nitrogens with one attached hydrogen (secondary N) is 2. The van der Waals surface area contributed by atoms with E-state index < -0.39 is 0 Å². The van der Waals surface area contributed by atoms with Crippen molar-refractivity contribution in [1.29, 1.82) is 0 Å². The Morgan fingerprint density at radius 3 is 3.06 bits per heavy atom. The highest BCUT2D eigenvalue weighted by molar-refractivity contribution is 5.99. The van der Waals surface area contributed by atoms with Crippen molar-refractivity contribution in [2.75, 3.05) is 32.1 Å². The van der Waals surface area contributed by atoms with Crippen molar-refractivity contribution in [3.05, 3.63) is 24.0 Å². The first kappa shape index (κ1) is 12.4. The number of ether oxygens (including phenoxy) is 1. The van der Waals surface area contributed by atoms with Crippen LogP contribution in [0.3, 0.4) is 0 Å². The second kappa shape index (κ2) is 6.79. The van der Waals surface area contributed by atoms with Gasteiger partial charge in [0.15, 0.2) is 0 Å². The van der Waals surface area contributed by atoms with Crippen LogP contribution in [0.1, 0.15) is 17.3 Å². The molecule has 0 radical (unpaired) electrons. The first-order valence-electron chi connectivity index (χ1n) is 5.24. The van der Waals surface area contributed by atoms with Gasteiger partial charge in [-0.2, -0.15) is 0 Å². The van der Waals surface area contributed by atoms with E-state index in [1.165, 1.54) is 0 Å². The predicted octanol–water partition coefficient (Wildman–Crippen LogP) is 0.890. The Hall–Kier alpha value is -1.62. The van der Waals surface area contributed by atoms with Crippen LogP contribution in [0.4, 0.5) is 5.69 Å². The summed E-state index contributed by atoms with van der Waals surface area (Å²) in [7, 11) is 1.60. The van der Waals surface area contributed by atoms with Crippen molar-refractivity contribution in [3.63, 3.8) is 0 Å². The molecule has 0 spiro atoms. The molecule has 0 aliphatic rings. The molecule has 1 heterocycles. The lowest BCUT2D eigenvalue weighted by atomic mass is 10.2. The molecular formula is C11H17N3O2. The van der Waals surface area contributed by atoms with E-state index in [2.05, 4.69) is 15.6 Å². The maximum Gasteiger partial charge on any atom is 0.253 e. The van der Waals surface area contributed by atoms with Crippen molar-refractivity contribution < 1.29 is 9.53 Å². The second-order valence-electron chi connectivity index (χ2n) is 3.20. The number of carbonyl (C=O) groups is 1. The molecule has 0 saturated carbocycles. The number of pyridine rings is 1. The Kier molecular flexibility index (Phi) is 5.28. The van der Waals surface area contributed by atoms with E-state index in [9.17, 15) is 4.79 Å². The molecule has 1 rings (SSSR count). The summed E-state index contributed by atoms with van der Waals surface area (Å²) in [6.07, 6.45) is 3.25. The summed E-state index contributed by atoms with van der Waals surface area (Å²) in [5, 5.41) is 5.86. The lowest BCUT2D eigenvalue weighted by molar-refractivity contribution is 0.0938. The molecule has 5 nitrogen and oxygen atoms in total. The molecule has 0 aliphatic heterocycles. The predicted molar refractivity (Wildman–Crippen MR) is 62.6 cm³/mol. The third-order valence-electron chi connectivity index (χ3n) is 2.02. The standard InChI is InChI=1S/C11H17N3O2/c1-3-13-10-8-12-5-4-9(10)11(15)14-6-7-16-2/h4-5,8,13H,3,6-7H2,1-2H3,(H,14,15). The smallest absolute Gasteiger partial charge is 0.253 e. The molecule has 16 heavy (non-hydrogen) atoms. The van der Waals surface area contributed by atoms with Crippen LogP contribution in [-0.2, 0) is 4.74 Å². The Morgan fingerprint density at radius 2 is 2.38 bits per heavy atom. The van der Waals surface area contributed by atoms with E-state index in [1.807, 2.05) is 6.92 Å². The highest BCUT2D eigenvalue weighted by Crippen LogP contribution is 2.12. The van der Waals surface area contributed by atoms with E-state index in [-0.39, 0.29) is 5.91 Å². The summed E-state index contributed by atoms with van der Waals surface area (Å²) in [6.45, 7) is 3.74. The van der Waals surface area contributed by atoms with Crippen LogP contribution in [0.2, 0.25) is 0 Å². The van der Waals surface area contributed by atoms with Crippen LogP contribution >= 0.6 is 0 Å². The quantitative estimate of drug-likeness (QED) is 0.703. The van der Waals surface area contributed by atoms with Gasteiger partial charge >= 0.3 is 0 Å². The van der Waals surface area contributed by atoms with Crippen molar-refractivity contribution in [2.45, 2.75) is 6.92 Å². The zero-order valence-electron chi connectivity index (χ0n) is 9.62. The molecule has 2 N–H and O–H groups in total. The Labute approximate surface area is 95.2 Å². The van der Waals surface area contributed by atoms with Gasteiger partial charge in [-0.25, -0.2) is 0 Å². The first-order valence-corrected chi connectivity index (χ1v) is 5.24. The first-order chi connectivity index (χ1) is 7.79. The van der Waals surface area contributed by atoms with Crippen LogP contribution in [-0.4, -0.2) is 37.7 Å². The SMILES string of the molecule is CCNc1cnccc1C(=O)NCCOC. The molecular weight excluding hydrogens is 206 g/mol. The molecule has 5 heteroatoms. The summed E-state index contributed by atoms with van der Waals surface area (Å²) < 4.78 is 4.86. The fraction of sp³-hybridized carbons (Fsp3) is 0.455. The van der Waals surface area contributed by atoms with Gasteiger partial charge in [-0.3, -0.25) is 9.78 Å². The zero-order valence-corrected chi connectivity index (χ0v) is 9.62. The summed E-state index contributed by atoms with van der Waals surface area (Å²) >= 11 is 0. The van der Waals surface area contributed by atoms with Crippen molar-refractivity contribution >= 4 is 11.6 Å². The third-order valence-corrected chi connectivity index (χ3v) is 2.02. The van der Waals surface area contributed by atoms with Gasteiger partial charge < -0.3 is 15.4 Å². The normalized spacial score (nSPS) is 9.88. The molecule has 0 aromatic carbocycles. The maximum atomic E-state index is 11.8. The highest BCUT2D eigenvalue weighted by Gasteiger charge is 2.09. The van der Waals surface area contributed by atoms with E-state index in [4.69, 9.17) is 4.74 Å². The van der Waals surface area contributed by atoms with Crippen molar-refractivity contribution in [2.24, 2.45) is 0 Å². The number of anilines is 1. The lowest BCUT2D eigenvalue weighted by Crippen LogP contribution is -2.27. The number of rotatable bonds is 6. The zero-order chi connectivity index (χ0) is 11.8.